The van der Waals surface area contributed by atoms with Crippen molar-refractivity contribution >= 4 is 22.8 Å². The minimum atomic E-state index is -0.735. The van der Waals surface area contributed by atoms with Gasteiger partial charge in [-0.15, -0.1) is 0 Å². The van der Waals surface area contributed by atoms with Gasteiger partial charge in [0.25, 0.3) is 0 Å². The molecule has 8 nitrogen and oxygen atoms in total. The first-order valence-electron chi connectivity index (χ1n) is 6.02. The van der Waals surface area contributed by atoms with Crippen LogP contribution in [-0.2, 0) is 4.74 Å². The smallest absolute Gasteiger partial charge is 0.246 e. The quantitative estimate of drug-likeness (QED) is 0.777. The summed E-state index contributed by atoms with van der Waals surface area (Å²) in [7, 11) is 1.47. The van der Waals surface area contributed by atoms with Crippen LogP contribution in [0.3, 0.4) is 0 Å². The minimum Gasteiger partial charge on any atom is -0.479 e. The summed E-state index contributed by atoms with van der Waals surface area (Å²) in [6.07, 6.45) is 0.0387. The molecule has 3 rings (SSSR count). The molecule has 0 aromatic carbocycles. The van der Waals surface area contributed by atoms with E-state index in [2.05, 4.69) is 15.0 Å². The van der Waals surface area contributed by atoms with Crippen molar-refractivity contribution in [2.24, 2.45) is 0 Å². The maximum Gasteiger partial charge on any atom is 0.246 e. The molecule has 3 atom stereocenters. The number of aromatic nitrogens is 4. The molecule has 1 aliphatic rings. The fourth-order valence-corrected chi connectivity index (χ4v) is 2.43. The van der Waals surface area contributed by atoms with Crippen molar-refractivity contribution in [1.82, 2.24) is 19.5 Å². The lowest BCUT2D eigenvalue weighted by Gasteiger charge is -2.13. The van der Waals surface area contributed by atoms with Gasteiger partial charge in [0.15, 0.2) is 11.2 Å². The van der Waals surface area contributed by atoms with E-state index in [0.29, 0.717) is 17.6 Å². The minimum absolute atomic E-state index is 0.0355. The predicted octanol–water partition coefficient (Wildman–Crippen LogP) is 0.129. The molecule has 20 heavy (non-hydrogen) atoms. The molecule has 2 aromatic rings. The van der Waals surface area contributed by atoms with E-state index in [0.717, 1.165) is 0 Å². The van der Waals surface area contributed by atoms with Crippen molar-refractivity contribution in [3.05, 3.63) is 11.6 Å². The predicted molar refractivity (Wildman–Crippen MR) is 68.5 cm³/mol. The zero-order valence-electron chi connectivity index (χ0n) is 10.6. The Morgan fingerprint density at radius 3 is 3.00 bits per heavy atom. The summed E-state index contributed by atoms with van der Waals surface area (Å²) in [5.74, 6) is 0.274. The maximum atomic E-state index is 9.78. The van der Waals surface area contributed by atoms with Gasteiger partial charge in [0.05, 0.1) is 26.1 Å². The monoisotopic (exact) mass is 300 g/mol. The van der Waals surface area contributed by atoms with E-state index in [1.54, 1.807) is 4.57 Å². The zero-order valence-corrected chi connectivity index (χ0v) is 11.4. The van der Waals surface area contributed by atoms with Gasteiger partial charge in [-0.2, -0.15) is 9.97 Å². The van der Waals surface area contributed by atoms with Crippen LogP contribution in [-0.4, -0.2) is 55.7 Å². The summed E-state index contributed by atoms with van der Waals surface area (Å²) in [6.45, 7) is -0.247. The average Bonchev–Trinajstić information content (AvgIpc) is 3.00. The molecular weight excluding hydrogens is 288 g/mol. The second-order valence-corrected chi connectivity index (χ2v) is 4.78. The summed E-state index contributed by atoms with van der Waals surface area (Å²) in [6, 6.07) is 0. The maximum absolute atomic E-state index is 9.78. The number of halogens is 1. The number of hydrogen-bond donors (Lipinski definition) is 2. The molecule has 0 spiro atoms. The van der Waals surface area contributed by atoms with Crippen molar-refractivity contribution in [2.45, 2.75) is 24.9 Å². The average molecular weight is 301 g/mol. The molecule has 0 saturated carbocycles. The van der Waals surface area contributed by atoms with Crippen LogP contribution < -0.4 is 4.74 Å². The van der Waals surface area contributed by atoms with Crippen molar-refractivity contribution in [3.8, 4) is 5.88 Å². The number of rotatable bonds is 3. The van der Waals surface area contributed by atoms with Gasteiger partial charge in [-0.05, 0) is 11.6 Å². The summed E-state index contributed by atoms with van der Waals surface area (Å²) >= 11 is 5.85. The number of aliphatic hydroxyl groups is 2. The van der Waals surface area contributed by atoms with Gasteiger partial charge in [-0.1, -0.05) is 0 Å². The molecule has 2 aromatic heterocycles. The Balaban J connectivity index is 2.03. The van der Waals surface area contributed by atoms with Crippen LogP contribution in [0.15, 0.2) is 6.33 Å². The lowest BCUT2D eigenvalue weighted by Crippen LogP contribution is -2.24. The highest BCUT2D eigenvalue weighted by Gasteiger charge is 2.35. The lowest BCUT2D eigenvalue weighted by molar-refractivity contribution is -0.0432. The summed E-state index contributed by atoms with van der Waals surface area (Å²) in [4.78, 5) is 12.2. The van der Waals surface area contributed by atoms with Crippen molar-refractivity contribution < 1.29 is 19.7 Å². The molecule has 3 unspecified atom stereocenters. The summed E-state index contributed by atoms with van der Waals surface area (Å²) in [5, 5.41) is 18.9. The van der Waals surface area contributed by atoms with Gasteiger partial charge < -0.3 is 19.7 Å². The molecular formula is C11H13ClN4O4. The van der Waals surface area contributed by atoms with E-state index < -0.39 is 18.4 Å². The third kappa shape index (κ3) is 2.10. The molecule has 3 heterocycles. The van der Waals surface area contributed by atoms with Crippen LogP contribution in [0, 0.1) is 0 Å². The molecule has 108 valence electrons. The van der Waals surface area contributed by atoms with E-state index >= 15 is 0 Å². The molecule has 1 saturated heterocycles. The fourth-order valence-electron chi connectivity index (χ4n) is 2.27. The molecule has 1 aliphatic heterocycles. The van der Waals surface area contributed by atoms with Gasteiger partial charge in [0.1, 0.15) is 12.3 Å². The van der Waals surface area contributed by atoms with Crippen LogP contribution >= 0.6 is 11.6 Å². The van der Waals surface area contributed by atoms with Crippen LogP contribution in [0.25, 0.3) is 11.2 Å². The van der Waals surface area contributed by atoms with E-state index in [-0.39, 0.29) is 17.8 Å². The highest BCUT2D eigenvalue weighted by atomic mass is 35.5. The standard InChI is InChI=1S/C11H13ClN4O4/c1-19-10-8-9(14-11(12)15-10)16(4-13-8)7-2-5(18)6(3-17)20-7/h4-7,17-18H,2-3H2,1H3. The van der Waals surface area contributed by atoms with Crippen molar-refractivity contribution in [3.63, 3.8) is 0 Å². The lowest BCUT2D eigenvalue weighted by atomic mass is 10.2. The van der Waals surface area contributed by atoms with Crippen molar-refractivity contribution in [2.75, 3.05) is 13.7 Å². The third-order valence-corrected chi connectivity index (χ3v) is 3.42. The largest absolute Gasteiger partial charge is 0.479 e. The van der Waals surface area contributed by atoms with E-state index in [1.165, 1.54) is 13.4 Å². The van der Waals surface area contributed by atoms with Gasteiger partial charge in [-0.25, -0.2) is 4.98 Å². The summed E-state index contributed by atoms with van der Waals surface area (Å²) in [5.41, 5.74) is 0.917. The number of hydrogen-bond acceptors (Lipinski definition) is 7. The number of imidazole rings is 1. The highest BCUT2D eigenvalue weighted by Crippen LogP contribution is 2.32. The Labute approximate surface area is 118 Å². The number of ether oxygens (including phenoxy) is 2. The van der Waals surface area contributed by atoms with Crippen molar-refractivity contribution in [1.29, 1.82) is 0 Å². The fraction of sp³-hybridized carbons (Fsp3) is 0.545. The molecule has 1 fully saturated rings. The first-order valence-corrected chi connectivity index (χ1v) is 6.40. The Morgan fingerprint density at radius 2 is 2.35 bits per heavy atom. The Morgan fingerprint density at radius 1 is 1.55 bits per heavy atom. The van der Waals surface area contributed by atoms with Gasteiger partial charge in [-0.3, -0.25) is 4.57 Å². The molecule has 2 N–H and O–H groups in total. The van der Waals surface area contributed by atoms with E-state index in [9.17, 15) is 5.11 Å². The topological polar surface area (TPSA) is 103 Å². The molecule has 9 heteroatoms. The van der Waals surface area contributed by atoms with E-state index in [1.807, 2.05) is 0 Å². The molecule has 0 amide bonds. The first kappa shape index (κ1) is 13.5. The van der Waals surface area contributed by atoms with Gasteiger partial charge in [0.2, 0.25) is 11.2 Å². The second-order valence-electron chi connectivity index (χ2n) is 4.44. The number of methoxy groups -OCH3 is 1. The number of nitrogens with zero attached hydrogens (tertiary/aromatic N) is 4. The van der Waals surface area contributed by atoms with Gasteiger partial charge >= 0.3 is 0 Å². The molecule has 0 radical (unpaired) electrons. The SMILES string of the molecule is COc1nc(Cl)nc2c1ncn2C1CC(O)C(CO)O1. The van der Waals surface area contributed by atoms with Crippen LogP contribution in [0.5, 0.6) is 5.88 Å². The summed E-state index contributed by atoms with van der Waals surface area (Å²) < 4.78 is 12.3. The molecule has 0 aliphatic carbocycles. The Bertz CT molecular complexity index is 634. The first-order chi connectivity index (χ1) is 9.63. The zero-order chi connectivity index (χ0) is 14.3. The van der Waals surface area contributed by atoms with E-state index in [4.69, 9.17) is 26.2 Å². The second kappa shape index (κ2) is 5.13. The third-order valence-electron chi connectivity index (χ3n) is 3.25. The normalized spacial score (nSPS) is 26.3. The van der Waals surface area contributed by atoms with Crippen LogP contribution in [0.1, 0.15) is 12.6 Å². The Kier molecular flexibility index (Phi) is 3.47. The van der Waals surface area contributed by atoms with Crippen LogP contribution in [0.4, 0.5) is 0 Å². The Hall–Kier alpha value is -1.48. The molecule has 0 bridgehead atoms. The highest BCUT2D eigenvalue weighted by molar-refractivity contribution is 6.28. The number of fused-ring (bicyclic) bond motifs is 1. The van der Waals surface area contributed by atoms with Gasteiger partial charge in [0, 0.05) is 6.42 Å². The number of aliphatic hydroxyl groups excluding tert-OH is 2. The van der Waals surface area contributed by atoms with Crippen LogP contribution in [0.2, 0.25) is 5.28 Å².